The molecule has 0 aromatic heterocycles. The third-order valence-corrected chi connectivity index (χ3v) is 3.76. The number of benzene rings is 1. The van der Waals surface area contributed by atoms with Crippen molar-refractivity contribution in [2.45, 2.75) is 19.5 Å². The van der Waals surface area contributed by atoms with E-state index in [2.05, 4.69) is 4.90 Å². The minimum absolute atomic E-state index is 0.160. The lowest BCUT2D eigenvalue weighted by Crippen LogP contribution is -2.50. The van der Waals surface area contributed by atoms with Crippen LogP contribution in [-0.2, 0) is 0 Å². The van der Waals surface area contributed by atoms with E-state index in [4.69, 9.17) is 4.74 Å². The molecule has 1 heterocycles. The van der Waals surface area contributed by atoms with Crippen molar-refractivity contribution in [3.8, 4) is 5.75 Å². The second-order valence-electron chi connectivity index (χ2n) is 5.77. The number of rotatable bonds is 7. The molecule has 1 aliphatic rings. The van der Waals surface area contributed by atoms with Crippen LogP contribution in [0.5, 0.6) is 5.75 Å². The van der Waals surface area contributed by atoms with E-state index in [9.17, 15) is 13.9 Å². The standard InChI is InChI=1S/C16H24F2N2O2/c1-13-3-2-4-15(9-13)22-12-14(21)10-19-5-7-20(8-6-19)11-16(17)18/h2-4,9,14,16,21H,5-8,10-12H2,1H3. The predicted molar refractivity (Wildman–Crippen MR) is 81.6 cm³/mol. The van der Waals surface area contributed by atoms with Crippen molar-refractivity contribution in [2.75, 3.05) is 45.9 Å². The molecule has 0 aliphatic carbocycles. The average Bonchev–Trinajstić information content (AvgIpc) is 2.47. The van der Waals surface area contributed by atoms with Gasteiger partial charge in [0.05, 0.1) is 6.54 Å². The molecule has 1 saturated heterocycles. The molecule has 1 N–H and O–H groups in total. The van der Waals surface area contributed by atoms with Crippen LogP contribution in [0.4, 0.5) is 8.78 Å². The van der Waals surface area contributed by atoms with Crippen molar-refractivity contribution in [1.29, 1.82) is 0 Å². The van der Waals surface area contributed by atoms with Gasteiger partial charge in [-0.25, -0.2) is 8.78 Å². The molecule has 0 saturated carbocycles. The van der Waals surface area contributed by atoms with Crippen molar-refractivity contribution in [3.05, 3.63) is 29.8 Å². The van der Waals surface area contributed by atoms with Crippen LogP contribution < -0.4 is 4.74 Å². The normalized spacial score (nSPS) is 18.6. The van der Waals surface area contributed by atoms with Crippen LogP contribution in [0.2, 0.25) is 0 Å². The number of aliphatic hydroxyl groups excluding tert-OH is 1. The van der Waals surface area contributed by atoms with Crippen LogP contribution in [0.25, 0.3) is 0 Å². The Morgan fingerprint density at radius 3 is 2.36 bits per heavy atom. The zero-order valence-corrected chi connectivity index (χ0v) is 12.9. The maximum atomic E-state index is 12.3. The maximum Gasteiger partial charge on any atom is 0.251 e. The first-order valence-electron chi connectivity index (χ1n) is 7.63. The van der Waals surface area contributed by atoms with Gasteiger partial charge in [-0.1, -0.05) is 12.1 Å². The van der Waals surface area contributed by atoms with Crippen LogP contribution in [0.15, 0.2) is 24.3 Å². The first-order valence-corrected chi connectivity index (χ1v) is 7.63. The number of β-amino-alcohol motifs (C(OH)–C–C–N with tert-alkyl or cyclic N) is 1. The Morgan fingerprint density at radius 1 is 1.14 bits per heavy atom. The third-order valence-electron chi connectivity index (χ3n) is 3.76. The summed E-state index contributed by atoms with van der Waals surface area (Å²) in [5, 5.41) is 10.0. The summed E-state index contributed by atoms with van der Waals surface area (Å²) in [5.74, 6) is 0.751. The SMILES string of the molecule is Cc1cccc(OCC(O)CN2CCN(CC(F)F)CC2)c1. The minimum atomic E-state index is -2.28. The summed E-state index contributed by atoms with van der Waals surface area (Å²) in [4.78, 5) is 3.85. The Bertz CT molecular complexity index is 452. The van der Waals surface area contributed by atoms with Gasteiger partial charge in [-0.2, -0.15) is 0 Å². The van der Waals surface area contributed by atoms with Gasteiger partial charge >= 0.3 is 0 Å². The fourth-order valence-electron chi connectivity index (χ4n) is 2.60. The van der Waals surface area contributed by atoms with E-state index < -0.39 is 12.5 Å². The highest BCUT2D eigenvalue weighted by molar-refractivity contribution is 5.27. The fourth-order valence-corrected chi connectivity index (χ4v) is 2.60. The number of aryl methyl sites for hydroxylation is 1. The summed E-state index contributed by atoms with van der Waals surface area (Å²) in [6.07, 6.45) is -2.86. The third kappa shape index (κ3) is 5.87. The molecule has 2 rings (SSSR count). The number of hydrogen-bond acceptors (Lipinski definition) is 4. The predicted octanol–water partition coefficient (Wildman–Crippen LogP) is 1.62. The van der Waals surface area contributed by atoms with E-state index >= 15 is 0 Å². The van der Waals surface area contributed by atoms with Gasteiger partial charge in [0.15, 0.2) is 0 Å². The van der Waals surface area contributed by atoms with Crippen molar-refractivity contribution in [1.82, 2.24) is 9.80 Å². The Kier molecular flexibility index (Phi) is 6.54. The molecule has 0 spiro atoms. The molecule has 124 valence electrons. The molecule has 1 aliphatic heterocycles. The van der Waals surface area contributed by atoms with Crippen LogP contribution >= 0.6 is 0 Å². The second-order valence-corrected chi connectivity index (χ2v) is 5.77. The lowest BCUT2D eigenvalue weighted by Gasteiger charge is -2.35. The monoisotopic (exact) mass is 314 g/mol. The first-order chi connectivity index (χ1) is 10.5. The van der Waals surface area contributed by atoms with Crippen molar-refractivity contribution < 1.29 is 18.6 Å². The van der Waals surface area contributed by atoms with Gasteiger partial charge in [0, 0.05) is 32.7 Å². The summed E-state index contributed by atoms with van der Waals surface area (Å²) in [6, 6.07) is 7.69. The van der Waals surface area contributed by atoms with Gasteiger partial charge < -0.3 is 9.84 Å². The zero-order chi connectivity index (χ0) is 15.9. The van der Waals surface area contributed by atoms with Gasteiger partial charge in [0.25, 0.3) is 6.43 Å². The molecule has 1 aromatic rings. The molecular weight excluding hydrogens is 290 g/mol. The Morgan fingerprint density at radius 2 is 1.77 bits per heavy atom. The lowest BCUT2D eigenvalue weighted by atomic mass is 10.2. The van der Waals surface area contributed by atoms with E-state index in [0.717, 1.165) is 11.3 Å². The number of nitrogens with zero attached hydrogens (tertiary/aromatic N) is 2. The van der Waals surface area contributed by atoms with E-state index in [1.54, 1.807) is 4.90 Å². The summed E-state index contributed by atoms with van der Waals surface area (Å²) in [5.41, 5.74) is 1.11. The van der Waals surface area contributed by atoms with Crippen molar-refractivity contribution >= 4 is 0 Å². The molecule has 22 heavy (non-hydrogen) atoms. The molecule has 0 radical (unpaired) electrons. The smallest absolute Gasteiger partial charge is 0.251 e. The van der Waals surface area contributed by atoms with Crippen LogP contribution in [0.1, 0.15) is 5.56 Å². The molecule has 1 atom stereocenters. The Balaban J connectivity index is 1.66. The second kappa shape index (κ2) is 8.41. The number of piperazine rings is 1. The molecule has 4 nitrogen and oxygen atoms in total. The van der Waals surface area contributed by atoms with E-state index in [1.807, 2.05) is 31.2 Å². The zero-order valence-electron chi connectivity index (χ0n) is 12.9. The summed E-state index contributed by atoms with van der Waals surface area (Å²) < 4.78 is 30.2. The van der Waals surface area contributed by atoms with Gasteiger partial charge in [-0.3, -0.25) is 9.80 Å². The summed E-state index contributed by atoms with van der Waals surface area (Å²) >= 11 is 0. The lowest BCUT2D eigenvalue weighted by molar-refractivity contribution is 0.0270. The van der Waals surface area contributed by atoms with E-state index in [0.29, 0.717) is 32.7 Å². The van der Waals surface area contributed by atoms with Gasteiger partial charge in [-0.05, 0) is 24.6 Å². The molecule has 6 heteroatoms. The molecule has 1 fully saturated rings. The number of halogens is 2. The molecule has 1 aromatic carbocycles. The highest BCUT2D eigenvalue weighted by Crippen LogP contribution is 2.13. The van der Waals surface area contributed by atoms with E-state index in [1.165, 1.54) is 0 Å². The summed E-state index contributed by atoms with van der Waals surface area (Å²) in [7, 11) is 0. The minimum Gasteiger partial charge on any atom is -0.491 e. The number of alkyl halides is 2. The number of ether oxygens (including phenoxy) is 1. The quantitative estimate of drug-likeness (QED) is 0.830. The fraction of sp³-hybridized carbons (Fsp3) is 0.625. The Hall–Kier alpha value is -1.24. The van der Waals surface area contributed by atoms with Gasteiger partial charge in [-0.15, -0.1) is 0 Å². The topological polar surface area (TPSA) is 35.9 Å². The number of aliphatic hydroxyl groups is 1. The Labute approximate surface area is 130 Å². The van der Waals surface area contributed by atoms with Crippen LogP contribution in [0, 0.1) is 6.92 Å². The van der Waals surface area contributed by atoms with Gasteiger partial charge in [0.2, 0.25) is 0 Å². The van der Waals surface area contributed by atoms with Crippen LogP contribution in [-0.4, -0.2) is 73.3 Å². The molecule has 0 amide bonds. The molecular formula is C16H24F2N2O2. The van der Waals surface area contributed by atoms with Crippen molar-refractivity contribution in [2.24, 2.45) is 0 Å². The summed E-state index contributed by atoms with van der Waals surface area (Å²) in [6.45, 7) is 5.22. The molecule has 0 bridgehead atoms. The maximum absolute atomic E-state index is 12.3. The average molecular weight is 314 g/mol. The number of hydrogen-bond donors (Lipinski definition) is 1. The molecule has 1 unspecified atom stereocenters. The van der Waals surface area contributed by atoms with E-state index in [-0.39, 0.29) is 13.2 Å². The van der Waals surface area contributed by atoms with Crippen LogP contribution in [0.3, 0.4) is 0 Å². The highest BCUT2D eigenvalue weighted by Gasteiger charge is 2.21. The first kappa shape index (κ1) is 17.1. The van der Waals surface area contributed by atoms with Gasteiger partial charge in [0.1, 0.15) is 18.5 Å². The highest BCUT2D eigenvalue weighted by atomic mass is 19.3. The van der Waals surface area contributed by atoms with Crippen molar-refractivity contribution in [3.63, 3.8) is 0 Å². The largest absolute Gasteiger partial charge is 0.491 e.